The maximum absolute atomic E-state index is 13.9. The molecular formula is C35H50N4O4. The second kappa shape index (κ2) is 12.9. The highest BCUT2D eigenvalue weighted by molar-refractivity contribution is 6.00. The van der Waals surface area contributed by atoms with Crippen LogP contribution in [-0.2, 0) is 11.3 Å². The highest BCUT2D eigenvalue weighted by Gasteiger charge is 2.49. The molecule has 234 valence electrons. The first kappa shape index (κ1) is 31.5. The molecule has 1 saturated carbocycles. The summed E-state index contributed by atoms with van der Waals surface area (Å²) in [6.45, 7) is 10.9. The van der Waals surface area contributed by atoms with Crippen LogP contribution in [0.4, 0.5) is 0 Å². The van der Waals surface area contributed by atoms with Crippen LogP contribution < -0.4 is 10.9 Å². The van der Waals surface area contributed by atoms with Crippen molar-refractivity contribution in [2.75, 3.05) is 32.7 Å². The zero-order valence-electron chi connectivity index (χ0n) is 26.5. The zero-order valence-corrected chi connectivity index (χ0v) is 26.5. The minimum atomic E-state index is -1.22. The molecule has 1 aromatic heterocycles. The maximum atomic E-state index is 13.9. The molecule has 5 rings (SSSR count). The van der Waals surface area contributed by atoms with Gasteiger partial charge in [-0.25, -0.2) is 0 Å². The summed E-state index contributed by atoms with van der Waals surface area (Å²) in [5, 5.41) is 15.5. The van der Waals surface area contributed by atoms with Gasteiger partial charge in [0.25, 0.3) is 11.5 Å². The lowest BCUT2D eigenvalue weighted by atomic mass is 9.69. The number of aliphatic hydroxyl groups is 1. The molecule has 2 saturated heterocycles. The van der Waals surface area contributed by atoms with Crippen LogP contribution in [0.2, 0.25) is 0 Å². The molecule has 0 unspecified atom stereocenters. The van der Waals surface area contributed by atoms with E-state index in [1.54, 1.807) is 6.20 Å². The van der Waals surface area contributed by atoms with Crippen LogP contribution in [0.5, 0.6) is 0 Å². The average molecular weight is 591 g/mol. The summed E-state index contributed by atoms with van der Waals surface area (Å²) in [5.74, 6) is 0.664. The number of piperazine rings is 1. The smallest absolute Gasteiger partial charge is 0.256 e. The summed E-state index contributed by atoms with van der Waals surface area (Å²) in [7, 11) is 0. The first-order chi connectivity index (χ1) is 20.5. The number of benzene rings is 1. The van der Waals surface area contributed by atoms with Crippen LogP contribution in [-0.4, -0.2) is 75.7 Å². The van der Waals surface area contributed by atoms with Crippen LogP contribution in [0.15, 0.2) is 47.4 Å². The SMILES string of the molecule is C[C@@H]1CN(C(=O)c2cn(C[C@@]3(O)CCN(C(=O)[C@H](C)CC4CCCCC4)CC3(C)C)c(=O)cc2-c2ccccc2)CCN1. The van der Waals surface area contributed by atoms with Gasteiger partial charge >= 0.3 is 0 Å². The predicted octanol–water partition coefficient (Wildman–Crippen LogP) is 4.55. The Morgan fingerprint density at radius 2 is 1.79 bits per heavy atom. The molecule has 43 heavy (non-hydrogen) atoms. The standard InChI is InChI=1S/C35H50N4O4/c1-25(19-27-11-7-5-8-12-27)32(41)38-17-15-35(43,34(3,4)23-38)24-39-22-30(33(42)37-18-16-36-26(2)21-37)29(20-31(39)40)28-13-9-6-10-14-28/h6,9-10,13-14,20,22,25-27,36,43H,5,7-8,11-12,15-19,21,23-24H2,1-4H3/t25-,26-,35+/m1/s1. The van der Waals surface area contributed by atoms with Crippen molar-refractivity contribution in [3.05, 3.63) is 58.5 Å². The monoisotopic (exact) mass is 590 g/mol. The molecular weight excluding hydrogens is 540 g/mol. The van der Waals surface area contributed by atoms with E-state index in [9.17, 15) is 19.5 Å². The lowest BCUT2D eigenvalue weighted by Crippen LogP contribution is -2.61. The third-order valence-corrected chi connectivity index (χ3v) is 10.3. The molecule has 3 fully saturated rings. The number of nitrogens with one attached hydrogen (secondary N) is 1. The molecule has 3 heterocycles. The second-order valence-electron chi connectivity index (χ2n) is 14.1. The molecule has 3 atom stereocenters. The highest BCUT2D eigenvalue weighted by atomic mass is 16.3. The topological polar surface area (TPSA) is 94.9 Å². The van der Waals surface area contributed by atoms with Gasteiger partial charge in [-0.2, -0.15) is 0 Å². The summed E-state index contributed by atoms with van der Waals surface area (Å²) >= 11 is 0. The largest absolute Gasteiger partial charge is 0.387 e. The lowest BCUT2D eigenvalue weighted by molar-refractivity contribution is -0.157. The van der Waals surface area contributed by atoms with Crippen molar-refractivity contribution < 1.29 is 14.7 Å². The van der Waals surface area contributed by atoms with Crippen LogP contribution in [0.3, 0.4) is 0 Å². The predicted molar refractivity (Wildman–Crippen MR) is 170 cm³/mol. The van der Waals surface area contributed by atoms with Crippen molar-refractivity contribution in [3.8, 4) is 11.1 Å². The number of hydrogen-bond donors (Lipinski definition) is 2. The van der Waals surface area contributed by atoms with Crippen molar-refractivity contribution >= 4 is 11.8 Å². The van der Waals surface area contributed by atoms with Gasteiger partial charge in [0.15, 0.2) is 0 Å². The Kier molecular flexibility index (Phi) is 9.47. The van der Waals surface area contributed by atoms with E-state index in [1.807, 2.05) is 54.0 Å². The van der Waals surface area contributed by atoms with E-state index in [4.69, 9.17) is 0 Å². The summed E-state index contributed by atoms with van der Waals surface area (Å²) in [6.07, 6.45) is 9.24. The van der Waals surface area contributed by atoms with Gasteiger partial charge in [-0.1, -0.05) is 83.2 Å². The van der Waals surface area contributed by atoms with E-state index in [1.165, 1.54) is 42.7 Å². The van der Waals surface area contributed by atoms with Crippen LogP contribution >= 0.6 is 0 Å². The van der Waals surface area contributed by atoms with E-state index in [2.05, 4.69) is 19.2 Å². The fourth-order valence-electron chi connectivity index (χ4n) is 7.47. The molecule has 1 aromatic carbocycles. The summed E-state index contributed by atoms with van der Waals surface area (Å²) in [4.78, 5) is 44.7. The van der Waals surface area contributed by atoms with Crippen molar-refractivity contribution in [2.45, 2.75) is 90.8 Å². The Labute approximate surface area is 256 Å². The van der Waals surface area contributed by atoms with Crippen molar-refractivity contribution in [2.24, 2.45) is 17.3 Å². The fourth-order valence-corrected chi connectivity index (χ4v) is 7.47. The molecule has 2 amide bonds. The number of hydrogen-bond acceptors (Lipinski definition) is 5. The first-order valence-corrected chi connectivity index (χ1v) is 16.3. The van der Waals surface area contributed by atoms with E-state index in [0.29, 0.717) is 49.6 Å². The van der Waals surface area contributed by atoms with E-state index in [0.717, 1.165) is 18.5 Å². The third-order valence-electron chi connectivity index (χ3n) is 10.3. The third kappa shape index (κ3) is 6.91. The van der Waals surface area contributed by atoms with E-state index < -0.39 is 11.0 Å². The molecule has 0 spiro atoms. The number of rotatable bonds is 7. The average Bonchev–Trinajstić information content (AvgIpc) is 2.99. The Balaban J connectivity index is 1.37. The van der Waals surface area contributed by atoms with Crippen LogP contribution in [0, 0.1) is 17.3 Å². The second-order valence-corrected chi connectivity index (χ2v) is 14.1. The number of carbonyl (C=O) groups is 2. The number of aromatic nitrogens is 1. The van der Waals surface area contributed by atoms with Gasteiger partial charge in [0.1, 0.15) is 0 Å². The summed E-state index contributed by atoms with van der Waals surface area (Å²) in [5.41, 5.74) is -0.249. The number of nitrogens with zero attached hydrogens (tertiary/aromatic N) is 3. The minimum Gasteiger partial charge on any atom is -0.387 e. The summed E-state index contributed by atoms with van der Waals surface area (Å²) in [6, 6.07) is 11.3. The van der Waals surface area contributed by atoms with E-state index >= 15 is 0 Å². The van der Waals surface area contributed by atoms with Gasteiger partial charge in [-0.3, -0.25) is 14.4 Å². The molecule has 1 aliphatic carbocycles. The van der Waals surface area contributed by atoms with Gasteiger partial charge in [-0.05, 0) is 31.2 Å². The fraction of sp³-hybridized carbons (Fsp3) is 0.629. The normalized spacial score (nSPS) is 25.4. The Morgan fingerprint density at radius 1 is 1.07 bits per heavy atom. The molecule has 0 bridgehead atoms. The van der Waals surface area contributed by atoms with Gasteiger partial charge in [0.05, 0.1) is 17.7 Å². The Bertz CT molecular complexity index is 1350. The molecule has 2 N–H and O–H groups in total. The molecule has 2 aliphatic heterocycles. The quantitative estimate of drug-likeness (QED) is 0.494. The van der Waals surface area contributed by atoms with Crippen molar-refractivity contribution in [1.29, 1.82) is 0 Å². The van der Waals surface area contributed by atoms with Gasteiger partial charge in [0.2, 0.25) is 5.91 Å². The number of carbonyl (C=O) groups excluding carboxylic acids is 2. The lowest BCUT2D eigenvalue weighted by Gasteiger charge is -2.51. The number of pyridine rings is 1. The molecule has 0 radical (unpaired) electrons. The maximum Gasteiger partial charge on any atom is 0.256 e. The van der Waals surface area contributed by atoms with Crippen molar-refractivity contribution in [3.63, 3.8) is 0 Å². The summed E-state index contributed by atoms with van der Waals surface area (Å²) < 4.78 is 1.51. The van der Waals surface area contributed by atoms with E-state index in [-0.39, 0.29) is 35.9 Å². The van der Waals surface area contributed by atoms with Gasteiger partial charge in [0, 0.05) is 67.9 Å². The van der Waals surface area contributed by atoms with Gasteiger partial charge < -0.3 is 24.8 Å². The van der Waals surface area contributed by atoms with Crippen LogP contribution in [0.1, 0.15) is 83.0 Å². The Morgan fingerprint density at radius 3 is 2.47 bits per heavy atom. The Hall–Kier alpha value is -2.97. The highest BCUT2D eigenvalue weighted by Crippen LogP contribution is 2.41. The molecule has 8 nitrogen and oxygen atoms in total. The number of amides is 2. The number of likely N-dealkylation sites (tertiary alicyclic amines) is 1. The van der Waals surface area contributed by atoms with Crippen LogP contribution in [0.25, 0.3) is 11.1 Å². The zero-order chi connectivity index (χ0) is 30.8. The first-order valence-electron chi connectivity index (χ1n) is 16.3. The molecule has 3 aliphatic rings. The minimum absolute atomic E-state index is 0.0282. The molecule has 2 aromatic rings. The molecule has 8 heteroatoms. The van der Waals surface area contributed by atoms with Gasteiger partial charge in [-0.15, -0.1) is 0 Å². The number of piperidine rings is 1. The van der Waals surface area contributed by atoms with Crippen molar-refractivity contribution in [1.82, 2.24) is 19.7 Å².